The van der Waals surface area contributed by atoms with Gasteiger partial charge >= 0.3 is 12.1 Å². The van der Waals surface area contributed by atoms with E-state index in [-0.39, 0.29) is 12.5 Å². The van der Waals surface area contributed by atoms with Gasteiger partial charge in [-0.25, -0.2) is 0 Å². The predicted octanol–water partition coefficient (Wildman–Crippen LogP) is 2.65. The fourth-order valence-electron chi connectivity index (χ4n) is 2.51. The van der Waals surface area contributed by atoms with E-state index in [2.05, 4.69) is 4.98 Å². The molecular formula is C13H15F3N2O2. The maximum absolute atomic E-state index is 12.6. The molecule has 0 radical (unpaired) electrons. The first-order chi connectivity index (χ1) is 9.27. The molecule has 1 aromatic rings. The Morgan fingerprint density at radius 3 is 2.75 bits per heavy atom. The van der Waals surface area contributed by atoms with E-state index >= 15 is 0 Å². The maximum atomic E-state index is 12.6. The minimum absolute atomic E-state index is 0.118. The third-order valence-corrected chi connectivity index (χ3v) is 3.41. The van der Waals surface area contributed by atoms with Crippen LogP contribution in [0.4, 0.5) is 18.9 Å². The Balaban J connectivity index is 2.24. The first kappa shape index (κ1) is 14.6. The number of hydrogen-bond donors (Lipinski definition) is 1. The van der Waals surface area contributed by atoms with Crippen LogP contribution in [0.15, 0.2) is 18.3 Å². The second kappa shape index (κ2) is 5.30. The molecule has 2 unspecified atom stereocenters. The summed E-state index contributed by atoms with van der Waals surface area (Å²) in [5.41, 5.74) is -0.592. The van der Waals surface area contributed by atoms with Gasteiger partial charge in [-0.05, 0) is 24.5 Å². The molecule has 1 N–H and O–H groups in total. The number of rotatable bonds is 2. The summed E-state index contributed by atoms with van der Waals surface area (Å²) in [6.45, 7) is 2.67. The van der Waals surface area contributed by atoms with Crippen molar-refractivity contribution in [2.24, 2.45) is 11.8 Å². The smallest absolute Gasteiger partial charge is 0.433 e. The summed E-state index contributed by atoms with van der Waals surface area (Å²) in [4.78, 5) is 16.1. The lowest BCUT2D eigenvalue weighted by molar-refractivity contribution is -0.143. The molecule has 20 heavy (non-hydrogen) atoms. The lowest BCUT2D eigenvalue weighted by Gasteiger charge is -2.36. The molecule has 2 heterocycles. The van der Waals surface area contributed by atoms with Crippen molar-refractivity contribution in [3.63, 3.8) is 0 Å². The number of halogens is 3. The molecule has 0 spiro atoms. The van der Waals surface area contributed by atoms with Crippen molar-refractivity contribution in [3.8, 4) is 0 Å². The summed E-state index contributed by atoms with van der Waals surface area (Å²) in [7, 11) is 0. The predicted molar refractivity (Wildman–Crippen MR) is 66.4 cm³/mol. The van der Waals surface area contributed by atoms with Crippen LogP contribution >= 0.6 is 0 Å². The van der Waals surface area contributed by atoms with Gasteiger partial charge in [-0.3, -0.25) is 9.78 Å². The number of carboxylic acids is 1. The van der Waals surface area contributed by atoms with Crippen molar-refractivity contribution in [1.29, 1.82) is 0 Å². The van der Waals surface area contributed by atoms with Crippen LogP contribution in [0.5, 0.6) is 0 Å². The Kier molecular flexibility index (Phi) is 3.87. The van der Waals surface area contributed by atoms with Crippen molar-refractivity contribution in [2.75, 3.05) is 18.0 Å². The third-order valence-electron chi connectivity index (χ3n) is 3.41. The van der Waals surface area contributed by atoms with Crippen molar-refractivity contribution < 1.29 is 23.1 Å². The topological polar surface area (TPSA) is 53.4 Å². The van der Waals surface area contributed by atoms with E-state index < -0.39 is 23.8 Å². The van der Waals surface area contributed by atoms with Crippen molar-refractivity contribution in [3.05, 3.63) is 24.0 Å². The number of alkyl halides is 3. The van der Waals surface area contributed by atoms with Gasteiger partial charge in [0.05, 0.1) is 5.92 Å². The fourth-order valence-corrected chi connectivity index (χ4v) is 2.51. The van der Waals surface area contributed by atoms with E-state index in [1.54, 1.807) is 4.90 Å². The molecule has 1 aliphatic rings. The van der Waals surface area contributed by atoms with Crippen molar-refractivity contribution >= 4 is 11.7 Å². The molecule has 0 aromatic carbocycles. The van der Waals surface area contributed by atoms with Gasteiger partial charge < -0.3 is 10.0 Å². The molecule has 2 atom stereocenters. The van der Waals surface area contributed by atoms with Crippen LogP contribution in [0.2, 0.25) is 0 Å². The number of nitrogens with zero attached hydrogens (tertiary/aromatic N) is 2. The Bertz CT molecular complexity index is 505. The van der Waals surface area contributed by atoms with Crippen LogP contribution < -0.4 is 4.90 Å². The molecule has 1 fully saturated rings. The van der Waals surface area contributed by atoms with Crippen LogP contribution in [0.3, 0.4) is 0 Å². The van der Waals surface area contributed by atoms with Gasteiger partial charge in [0.1, 0.15) is 5.69 Å². The third kappa shape index (κ3) is 3.20. The molecule has 2 rings (SSSR count). The highest BCUT2D eigenvalue weighted by Crippen LogP contribution is 2.32. The SMILES string of the molecule is CC1CC(C(=O)O)CN(c2ccnc(C(F)(F)F)c2)C1. The molecule has 4 nitrogen and oxygen atoms in total. The summed E-state index contributed by atoms with van der Waals surface area (Å²) < 4.78 is 37.9. The molecule has 0 saturated carbocycles. The van der Waals surface area contributed by atoms with Gasteiger partial charge in [0.15, 0.2) is 0 Å². The number of pyridine rings is 1. The molecule has 1 aliphatic heterocycles. The Labute approximate surface area is 114 Å². The number of carbonyl (C=O) groups is 1. The normalized spacial score (nSPS) is 23.7. The van der Waals surface area contributed by atoms with Crippen LogP contribution in [0.1, 0.15) is 19.0 Å². The molecule has 0 bridgehead atoms. The van der Waals surface area contributed by atoms with E-state index in [1.165, 1.54) is 6.07 Å². The van der Waals surface area contributed by atoms with Crippen molar-refractivity contribution in [1.82, 2.24) is 4.98 Å². The van der Waals surface area contributed by atoms with E-state index in [1.807, 2.05) is 6.92 Å². The Hall–Kier alpha value is -1.79. The number of aromatic nitrogens is 1. The van der Waals surface area contributed by atoms with Gasteiger partial charge in [0.25, 0.3) is 0 Å². The first-order valence-corrected chi connectivity index (χ1v) is 6.28. The van der Waals surface area contributed by atoms with E-state index in [0.29, 0.717) is 18.7 Å². The molecule has 1 saturated heterocycles. The highest BCUT2D eigenvalue weighted by atomic mass is 19.4. The molecule has 0 amide bonds. The second-order valence-electron chi connectivity index (χ2n) is 5.18. The molecule has 110 valence electrons. The molecule has 7 heteroatoms. The fraction of sp³-hybridized carbons (Fsp3) is 0.538. The van der Waals surface area contributed by atoms with Gasteiger partial charge in [-0.15, -0.1) is 0 Å². The highest BCUT2D eigenvalue weighted by molar-refractivity contribution is 5.71. The van der Waals surface area contributed by atoms with Gasteiger partial charge in [0, 0.05) is 25.0 Å². The summed E-state index contributed by atoms with van der Waals surface area (Å²) >= 11 is 0. The summed E-state index contributed by atoms with van der Waals surface area (Å²) in [6, 6.07) is 2.45. The number of aliphatic carboxylic acids is 1. The van der Waals surface area contributed by atoms with Crippen molar-refractivity contribution in [2.45, 2.75) is 19.5 Å². The standard InChI is InChI=1S/C13H15F3N2O2/c1-8-4-9(12(19)20)7-18(6-8)10-2-3-17-11(5-10)13(14,15)16/h2-3,5,8-9H,4,6-7H2,1H3,(H,19,20). The van der Waals surface area contributed by atoms with Crippen LogP contribution in [0.25, 0.3) is 0 Å². The molecule has 0 aliphatic carbocycles. The monoisotopic (exact) mass is 288 g/mol. The van der Waals surface area contributed by atoms with Gasteiger partial charge in [0.2, 0.25) is 0 Å². The number of carboxylic acid groups (broad SMARTS) is 1. The average molecular weight is 288 g/mol. The zero-order valence-corrected chi connectivity index (χ0v) is 10.9. The molecule has 1 aromatic heterocycles. The van der Waals surface area contributed by atoms with Crippen LogP contribution in [-0.2, 0) is 11.0 Å². The lowest BCUT2D eigenvalue weighted by Crippen LogP contribution is -2.42. The average Bonchev–Trinajstić information content (AvgIpc) is 2.37. The summed E-state index contributed by atoms with van der Waals surface area (Å²) in [5.74, 6) is -1.35. The largest absolute Gasteiger partial charge is 0.481 e. The quantitative estimate of drug-likeness (QED) is 0.909. The Morgan fingerprint density at radius 1 is 1.45 bits per heavy atom. The minimum Gasteiger partial charge on any atom is -0.481 e. The second-order valence-corrected chi connectivity index (χ2v) is 5.18. The first-order valence-electron chi connectivity index (χ1n) is 6.28. The van der Waals surface area contributed by atoms with E-state index in [4.69, 9.17) is 5.11 Å². The number of piperidine rings is 1. The highest BCUT2D eigenvalue weighted by Gasteiger charge is 2.34. The van der Waals surface area contributed by atoms with Crippen LogP contribution in [0, 0.1) is 11.8 Å². The maximum Gasteiger partial charge on any atom is 0.433 e. The lowest BCUT2D eigenvalue weighted by atomic mass is 9.90. The molecular weight excluding hydrogens is 273 g/mol. The number of hydrogen-bond acceptors (Lipinski definition) is 3. The number of anilines is 1. The zero-order chi connectivity index (χ0) is 14.9. The van der Waals surface area contributed by atoms with Gasteiger partial charge in [-0.2, -0.15) is 13.2 Å². The Morgan fingerprint density at radius 2 is 2.15 bits per heavy atom. The minimum atomic E-state index is -4.50. The van der Waals surface area contributed by atoms with E-state index in [9.17, 15) is 18.0 Å². The summed E-state index contributed by atoms with van der Waals surface area (Å²) in [5, 5.41) is 9.09. The zero-order valence-electron chi connectivity index (χ0n) is 10.9. The van der Waals surface area contributed by atoms with Gasteiger partial charge in [-0.1, -0.05) is 6.92 Å². The summed E-state index contributed by atoms with van der Waals surface area (Å²) in [6.07, 6.45) is -2.85. The van der Waals surface area contributed by atoms with E-state index in [0.717, 1.165) is 12.3 Å². The van der Waals surface area contributed by atoms with Crippen LogP contribution in [-0.4, -0.2) is 29.1 Å².